The molecule has 0 heterocycles. The molecule has 0 radical (unpaired) electrons. The minimum absolute atomic E-state index is 0.205. The Morgan fingerprint density at radius 1 is 1.39 bits per heavy atom. The summed E-state index contributed by atoms with van der Waals surface area (Å²) in [6.07, 6.45) is 4.64. The molecule has 18 heavy (non-hydrogen) atoms. The highest BCUT2D eigenvalue weighted by atomic mass is 35.5. The van der Waals surface area contributed by atoms with Gasteiger partial charge in [-0.25, -0.2) is 4.39 Å². The van der Waals surface area contributed by atoms with Gasteiger partial charge < -0.3 is 5.73 Å². The van der Waals surface area contributed by atoms with E-state index in [9.17, 15) is 4.39 Å². The molecule has 0 saturated heterocycles. The molecule has 0 spiro atoms. The van der Waals surface area contributed by atoms with E-state index in [2.05, 4.69) is 6.92 Å². The highest BCUT2D eigenvalue weighted by Gasteiger charge is 2.31. The number of nitrogens with two attached hydrogens (primary N) is 1. The smallest absolute Gasteiger partial charge is 0.123 e. The number of rotatable bonds is 3. The van der Waals surface area contributed by atoms with Gasteiger partial charge in [-0.2, -0.15) is 0 Å². The van der Waals surface area contributed by atoms with E-state index < -0.39 is 0 Å². The first kappa shape index (κ1) is 13.8. The summed E-state index contributed by atoms with van der Waals surface area (Å²) in [6, 6.07) is 4.67. The maximum Gasteiger partial charge on any atom is 0.123 e. The van der Waals surface area contributed by atoms with Crippen molar-refractivity contribution < 1.29 is 4.39 Å². The van der Waals surface area contributed by atoms with Crippen LogP contribution >= 0.6 is 11.6 Å². The maximum atomic E-state index is 13.4. The van der Waals surface area contributed by atoms with E-state index in [1.54, 1.807) is 12.1 Å². The van der Waals surface area contributed by atoms with Gasteiger partial charge in [0.1, 0.15) is 5.82 Å². The Bertz CT molecular complexity index is 407. The van der Waals surface area contributed by atoms with E-state index in [1.807, 2.05) is 0 Å². The normalized spacial score (nSPS) is 28.3. The standard InChI is InChI=1S/C15H21ClFN/c1-2-10-3-4-11(9-18)13(7-10)14-8-12(17)5-6-15(14)16/h5-6,8,10-11,13H,2-4,7,9,18H2,1H3. The highest BCUT2D eigenvalue weighted by molar-refractivity contribution is 6.31. The van der Waals surface area contributed by atoms with E-state index in [4.69, 9.17) is 17.3 Å². The van der Waals surface area contributed by atoms with Crippen molar-refractivity contribution >= 4 is 11.6 Å². The molecule has 1 aromatic carbocycles. The molecule has 2 N–H and O–H groups in total. The molecule has 1 saturated carbocycles. The molecule has 1 aromatic rings. The summed E-state index contributed by atoms with van der Waals surface area (Å²) in [5.41, 5.74) is 6.82. The predicted octanol–water partition coefficient (Wildman–Crippen LogP) is 4.35. The Morgan fingerprint density at radius 2 is 2.17 bits per heavy atom. The van der Waals surface area contributed by atoms with Crippen LogP contribution in [0.1, 0.15) is 44.1 Å². The quantitative estimate of drug-likeness (QED) is 0.867. The Hall–Kier alpha value is -0.600. The molecule has 1 aliphatic rings. The third-order valence-electron chi connectivity index (χ3n) is 4.34. The van der Waals surface area contributed by atoms with Gasteiger partial charge in [-0.05, 0) is 60.9 Å². The average molecular weight is 270 g/mol. The summed E-state index contributed by atoms with van der Waals surface area (Å²) in [5, 5.41) is 0.677. The van der Waals surface area contributed by atoms with Crippen LogP contribution in [-0.2, 0) is 0 Å². The molecule has 3 unspecified atom stereocenters. The SMILES string of the molecule is CCC1CCC(CN)C(c2cc(F)ccc2Cl)C1. The molecule has 3 atom stereocenters. The van der Waals surface area contributed by atoms with Crippen LogP contribution in [0.15, 0.2) is 18.2 Å². The maximum absolute atomic E-state index is 13.4. The van der Waals surface area contributed by atoms with Crippen LogP contribution in [0.5, 0.6) is 0 Å². The third-order valence-corrected chi connectivity index (χ3v) is 4.68. The summed E-state index contributed by atoms with van der Waals surface area (Å²) >= 11 is 6.24. The van der Waals surface area contributed by atoms with Crippen molar-refractivity contribution in [2.75, 3.05) is 6.54 Å². The van der Waals surface area contributed by atoms with Gasteiger partial charge in [0.15, 0.2) is 0 Å². The molecular weight excluding hydrogens is 249 g/mol. The first-order valence-corrected chi connectivity index (χ1v) is 7.18. The van der Waals surface area contributed by atoms with Crippen molar-refractivity contribution in [2.24, 2.45) is 17.6 Å². The lowest BCUT2D eigenvalue weighted by molar-refractivity contribution is 0.235. The second-order valence-electron chi connectivity index (χ2n) is 5.36. The Kier molecular flexibility index (Phi) is 4.63. The summed E-state index contributed by atoms with van der Waals surface area (Å²) in [4.78, 5) is 0. The van der Waals surface area contributed by atoms with Crippen LogP contribution in [0.4, 0.5) is 4.39 Å². The van der Waals surface area contributed by atoms with Crippen molar-refractivity contribution in [1.29, 1.82) is 0 Å². The second kappa shape index (κ2) is 6.03. The lowest BCUT2D eigenvalue weighted by Gasteiger charge is -2.36. The largest absolute Gasteiger partial charge is 0.330 e. The fourth-order valence-electron chi connectivity index (χ4n) is 3.15. The van der Waals surface area contributed by atoms with Gasteiger partial charge in [0.2, 0.25) is 0 Å². The van der Waals surface area contributed by atoms with Crippen molar-refractivity contribution in [1.82, 2.24) is 0 Å². The average Bonchev–Trinajstić information content (AvgIpc) is 2.40. The predicted molar refractivity (Wildman–Crippen MR) is 74.3 cm³/mol. The van der Waals surface area contributed by atoms with E-state index in [0.717, 1.165) is 24.3 Å². The number of halogens is 2. The number of hydrogen-bond donors (Lipinski definition) is 1. The summed E-state index contributed by atoms with van der Waals surface area (Å²) in [7, 11) is 0. The van der Waals surface area contributed by atoms with Crippen LogP contribution in [0, 0.1) is 17.7 Å². The topological polar surface area (TPSA) is 26.0 Å². The van der Waals surface area contributed by atoms with Gasteiger partial charge in [0, 0.05) is 5.02 Å². The zero-order valence-corrected chi connectivity index (χ0v) is 11.6. The molecule has 1 aliphatic carbocycles. The number of benzene rings is 1. The molecule has 1 fully saturated rings. The molecule has 2 rings (SSSR count). The summed E-state index contributed by atoms with van der Waals surface area (Å²) in [6.45, 7) is 2.88. The Morgan fingerprint density at radius 3 is 2.83 bits per heavy atom. The lowest BCUT2D eigenvalue weighted by atomic mass is 9.70. The van der Waals surface area contributed by atoms with Crippen molar-refractivity contribution in [3.8, 4) is 0 Å². The molecule has 0 amide bonds. The molecular formula is C15H21ClFN. The minimum atomic E-state index is -0.205. The highest BCUT2D eigenvalue weighted by Crippen LogP contribution is 2.43. The van der Waals surface area contributed by atoms with Gasteiger partial charge in [-0.15, -0.1) is 0 Å². The fraction of sp³-hybridized carbons (Fsp3) is 0.600. The van der Waals surface area contributed by atoms with Gasteiger partial charge in [-0.1, -0.05) is 31.4 Å². The van der Waals surface area contributed by atoms with Crippen LogP contribution in [0.2, 0.25) is 5.02 Å². The molecule has 1 nitrogen and oxygen atoms in total. The van der Waals surface area contributed by atoms with Gasteiger partial charge in [-0.3, -0.25) is 0 Å². The van der Waals surface area contributed by atoms with Crippen molar-refractivity contribution in [3.05, 3.63) is 34.6 Å². The van der Waals surface area contributed by atoms with Crippen LogP contribution in [0.25, 0.3) is 0 Å². The monoisotopic (exact) mass is 269 g/mol. The molecule has 100 valence electrons. The van der Waals surface area contributed by atoms with Crippen LogP contribution in [-0.4, -0.2) is 6.54 Å². The molecule has 3 heteroatoms. The minimum Gasteiger partial charge on any atom is -0.330 e. The fourth-order valence-corrected chi connectivity index (χ4v) is 3.41. The van der Waals surface area contributed by atoms with Crippen molar-refractivity contribution in [3.63, 3.8) is 0 Å². The first-order chi connectivity index (χ1) is 8.65. The van der Waals surface area contributed by atoms with Crippen molar-refractivity contribution in [2.45, 2.75) is 38.5 Å². The second-order valence-corrected chi connectivity index (χ2v) is 5.76. The van der Waals surface area contributed by atoms with E-state index in [0.29, 0.717) is 23.4 Å². The van der Waals surface area contributed by atoms with E-state index >= 15 is 0 Å². The zero-order chi connectivity index (χ0) is 13.1. The van der Waals surface area contributed by atoms with E-state index in [1.165, 1.54) is 18.9 Å². The van der Waals surface area contributed by atoms with E-state index in [-0.39, 0.29) is 5.82 Å². The molecule has 0 aliphatic heterocycles. The Labute approximate surface area is 114 Å². The zero-order valence-electron chi connectivity index (χ0n) is 10.8. The van der Waals surface area contributed by atoms with Gasteiger partial charge in [0.25, 0.3) is 0 Å². The third kappa shape index (κ3) is 2.86. The summed E-state index contributed by atoms with van der Waals surface area (Å²) in [5.74, 6) is 1.27. The number of hydrogen-bond acceptors (Lipinski definition) is 1. The molecule has 0 bridgehead atoms. The first-order valence-electron chi connectivity index (χ1n) is 6.80. The van der Waals surface area contributed by atoms with Crippen LogP contribution < -0.4 is 5.73 Å². The summed E-state index contributed by atoms with van der Waals surface area (Å²) < 4.78 is 13.4. The van der Waals surface area contributed by atoms with Gasteiger partial charge >= 0.3 is 0 Å². The van der Waals surface area contributed by atoms with Crippen LogP contribution in [0.3, 0.4) is 0 Å². The van der Waals surface area contributed by atoms with Gasteiger partial charge in [0.05, 0.1) is 0 Å². The molecule has 0 aromatic heterocycles. The Balaban J connectivity index is 2.29. The lowest BCUT2D eigenvalue weighted by Crippen LogP contribution is -2.29.